The van der Waals surface area contributed by atoms with Gasteiger partial charge in [0.1, 0.15) is 5.75 Å². The molecule has 9 nitrogen and oxygen atoms in total. The average molecular weight is 457 g/mol. The molecule has 2 aromatic rings. The van der Waals surface area contributed by atoms with Gasteiger partial charge in [0.2, 0.25) is 0 Å². The third-order valence-corrected chi connectivity index (χ3v) is 5.68. The second-order valence-electron chi connectivity index (χ2n) is 7.84. The zero-order chi connectivity index (χ0) is 23.8. The van der Waals surface area contributed by atoms with Gasteiger partial charge in [0.05, 0.1) is 32.6 Å². The first-order valence-corrected chi connectivity index (χ1v) is 10.9. The average Bonchev–Trinajstić information content (AvgIpc) is 2.84. The quantitative estimate of drug-likeness (QED) is 0.596. The molecule has 2 amide bonds. The van der Waals surface area contributed by atoms with Crippen LogP contribution in [0.5, 0.6) is 17.2 Å². The highest BCUT2D eigenvalue weighted by atomic mass is 16.5. The lowest BCUT2D eigenvalue weighted by Crippen LogP contribution is -2.46. The first-order chi connectivity index (χ1) is 15.9. The fourth-order valence-corrected chi connectivity index (χ4v) is 3.60. The van der Waals surface area contributed by atoms with Crippen molar-refractivity contribution in [2.45, 2.75) is 0 Å². The third kappa shape index (κ3) is 6.36. The summed E-state index contributed by atoms with van der Waals surface area (Å²) >= 11 is 0. The van der Waals surface area contributed by atoms with Crippen LogP contribution < -0.4 is 24.8 Å². The number of benzene rings is 2. The second-order valence-corrected chi connectivity index (χ2v) is 7.84. The zero-order valence-electron chi connectivity index (χ0n) is 19.6. The van der Waals surface area contributed by atoms with Crippen LogP contribution >= 0.6 is 0 Å². The van der Waals surface area contributed by atoms with Gasteiger partial charge in [-0.05, 0) is 37.4 Å². The van der Waals surface area contributed by atoms with E-state index >= 15 is 0 Å². The van der Waals surface area contributed by atoms with E-state index in [1.165, 1.54) is 14.2 Å². The van der Waals surface area contributed by atoms with E-state index in [1.54, 1.807) is 43.5 Å². The number of piperazine rings is 1. The van der Waals surface area contributed by atoms with E-state index in [1.807, 2.05) is 0 Å². The van der Waals surface area contributed by atoms with Crippen LogP contribution in [-0.4, -0.2) is 89.3 Å². The van der Waals surface area contributed by atoms with Crippen LogP contribution in [-0.2, 0) is 0 Å². The minimum absolute atomic E-state index is 0.296. The summed E-state index contributed by atoms with van der Waals surface area (Å²) in [7, 11) is 6.68. The van der Waals surface area contributed by atoms with Crippen LogP contribution in [0.1, 0.15) is 20.7 Å². The van der Waals surface area contributed by atoms with Crippen molar-refractivity contribution in [2.75, 3.05) is 73.0 Å². The Morgan fingerprint density at radius 2 is 1.52 bits per heavy atom. The number of nitrogens with zero attached hydrogens (tertiary/aromatic N) is 2. The molecule has 0 bridgehead atoms. The van der Waals surface area contributed by atoms with Crippen LogP contribution in [0.2, 0.25) is 0 Å². The molecule has 33 heavy (non-hydrogen) atoms. The van der Waals surface area contributed by atoms with Crippen LogP contribution in [0, 0.1) is 0 Å². The molecule has 0 unspecified atom stereocenters. The van der Waals surface area contributed by atoms with E-state index < -0.39 is 0 Å². The molecule has 2 N–H and O–H groups in total. The predicted molar refractivity (Wildman–Crippen MR) is 127 cm³/mol. The number of ether oxygens (including phenoxy) is 3. The molecular weight excluding hydrogens is 424 g/mol. The number of methoxy groups -OCH3 is 3. The van der Waals surface area contributed by atoms with Gasteiger partial charge in [0.15, 0.2) is 11.5 Å². The fraction of sp³-hybridized carbons (Fsp3) is 0.417. The Bertz CT molecular complexity index is 956. The predicted octanol–water partition coefficient (Wildman–Crippen LogP) is 1.94. The normalized spacial score (nSPS) is 14.4. The molecular formula is C24H32N4O5. The van der Waals surface area contributed by atoms with Crippen LogP contribution in [0.15, 0.2) is 36.4 Å². The van der Waals surface area contributed by atoms with Crippen molar-refractivity contribution in [3.63, 3.8) is 0 Å². The number of rotatable bonds is 9. The molecule has 1 saturated heterocycles. The first-order valence-electron chi connectivity index (χ1n) is 10.9. The summed E-state index contributed by atoms with van der Waals surface area (Å²) in [5, 5.41) is 5.78. The van der Waals surface area contributed by atoms with Crippen molar-refractivity contribution in [2.24, 2.45) is 0 Å². The van der Waals surface area contributed by atoms with Crippen LogP contribution in [0.4, 0.5) is 5.69 Å². The Morgan fingerprint density at radius 3 is 2.12 bits per heavy atom. The van der Waals surface area contributed by atoms with Crippen molar-refractivity contribution in [3.8, 4) is 17.2 Å². The maximum Gasteiger partial charge on any atom is 0.255 e. The van der Waals surface area contributed by atoms with Gasteiger partial charge in [-0.2, -0.15) is 0 Å². The lowest BCUT2D eigenvalue weighted by Gasteiger charge is -2.32. The number of carbonyl (C=O) groups is 2. The third-order valence-electron chi connectivity index (χ3n) is 5.68. The van der Waals surface area contributed by atoms with Gasteiger partial charge in [-0.3, -0.25) is 14.5 Å². The van der Waals surface area contributed by atoms with Gasteiger partial charge in [-0.25, -0.2) is 0 Å². The summed E-state index contributed by atoms with van der Waals surface area (Å²) in [6.07, 6.45) is 0. The number of nitrogens with one attached hydrogen (secondary N) is 2. The molecule has 1 fully saturated rings. The number of carbonyl (C=O) groups excluding carboxylic acids is 2. The topological polar surface area (TPSA) is 92.4 Å². The summed E-state index contributed by atoms with van der Waals surface area (Å²) in [5.74, 6) is 0.824. The van der Waals surface area contributed by atoms with Crippen molar-refractivity contribution in [1.82, 2.24) is 15.1 Å². The SMILES string of the molecule is COc1ccc(C(=O)Nc2cc(OC)c(OC)cc2C(=O)NCCN2CCN(C)CC2)cc1. The second kappa shape index (κ2) is 11.5. The summed E-state index contributed by atoms with van der Waals surface area (Å²) in [5.41, 5.74) is 1.07. The largest absolute Gasteiger partial charge is 0.497 e. The van der Waals surface area contributed by atoms with Crippen molar-refractivity contribution in [3.05, 3.63) is 47.5 Å². The smallest absolute Gasteiger partial charge is 0.255 e. The minimum Gasteiger partial charge on any atom is -0.497 e. The fourth-order valence-electron chi connectivity index (χ4n) is 3.60. The highest BCUT2D eigenvalue weighted by Crippen LogP contribution is 2.33. The molecule has 1 aliphatic heterocycles. The van der Waals surface area contributed by atoms with Gasteiger partial charge in [0.25, 0.3) is 11.8 Å². The maximum atomic E-state index is 13.0. The number of hydrogen-bond donors (Lipinski definition) is 2. The van der Waals surface area contributed by atoms with Gasteiger partial charge in [0, 0.05) is 50.9 Å². The van der Waals surface area contributed by atoms with Crippen LogP contribution in [0.3, 0.4) is 0 Å². The highest BCUT2D eigenvalue weighted by Gasteiger charge is 2.20. The van der Waals surface area contributed by atoms with Crippen molar-refractivity contribution >= 4 is 17.5 Å². The van der Waals surface area contributed by atoms with Crippen LogP contribution in [0.25, 0.3) is 0 Å². The molecule has 0 atom stereocenters. The molecule has 1 heterocycles. The molecule has 0 spiro atoms. The maximum absolute atomic E-state index is 13.0. The Balaban J connectivity index is 1.74. The van der Waals surface area contributed by atoms with E-state index in [4.69, 9.17) is 14.2 Å². The molecule has 0 aliphatic carbocycles. The Labute approximate surface area is 194 Å². The molecule has 0 aromatic heterocycles. The van der Waals surface area contributed by atoms with Gasteiger partial charge in [-0.15, -0.1) is 0 Å². The summed E-state index contributed by atoms with van der Waals surface area (Å²) in [4.78, 5) is 30.5. The number of anilines is 1. The molecule has 0 radical (unpaired) electrons. The number of amides is 2. The molecule has 9 heteroatoms. The molecule has 0 saturated carbocycles. The van der Waals surface area contributed by atoms with Gasteiger partial charge < -0.3 is 29.7 Å². The van der Waals surface area contributed by atoms with E-state index in [9.17, 15) is 9.59 Å². The summed E-state index contributed by atoms with van der Waals surface area (Å²) in [6, 6.07) is 9.89. The molecule has 1 aliphatic rings. The van der Waals surface area contributed by atoms with E-state index in [0.29, 0.717) is 40.6 Å². The lowest BCUT2D eigenvalue weighted by molar-refractivity contribution is 0.0941. The summed E-state index contributed by atoms with van der Waals surface area (Å²) in [6.45, 7) is 5.26. The van der Waals surface area contributed by atoms with Crippen molar-refractivity contribution < 1.29 is 23.8 Å². The Morgan fingerprint density at radius 1 is 0.879 bits per heavy atom. The van der Waals surface area contributed by atoms with Gasteiger partial charge in [-0.1, -0.05) is 0 Å². The molecule has 3 rings (SSSR count). The van der Waals surface area contributed by atoms with E-state index in [2.05, 4.69) is 27.5 Å². The number of hydrogen-bond acceptors (Lipinski definition) is 7. The van der Waals surface area contributed by atoms with E-state index in [0.717, 1.165) is 32.7 Å². The molecule has 2 aromatic carbocycles. The Kier molecular flexibility index (Phi) is 8.51. The standard InChI is InChI=1S/C24H32N4O5/c1-27-11-13-28(14-12-27)10-9-25-24(30)19-15-21(32-3)22(33-4)16-20(19)26-23(29)17-5-7-18(31-2)8-6-17/h5-8,15-16H,9-14H2,1-4H3,(H,25,30)(H,26,29). The molecule has 178 valence electrons. The lowest BCUT2D eigenvalue weighted by atomic mass is 10.1. The van der Waals surface area contributed by atoms with E-state index in [-0.39, 0.29) is 11.8 Å². The first kappa shape index (κ1) is 24.3. The number of likely N-dealkylation sites (N-methyl/N-ethyl adjacent to an activating group) is 1. The summed E-state index contributed by atoms with van der Waals surface area (Å²) < 4.78 is 15.9. The highest BCUT2D eigenvalue weighted by molar-refractivity contribution is 6.09. The van der Waals surface area contributed by atoms with Gasteiger partial charge >= 0.3 is 0 Å². The zero-order valence-corrected chi connectivity index (χ0v) is 19.6. The minimum atomic E-state index is -0.351. The van der Waals surface area contributed by atoms with Crippen molar-refractivity contribution in [1.29, 1.82) is 0 Å². The Hall–Kier alpha value is -3.30. The monoisotopic (exact) mass is 456 g/mol.